The van der Waals surface area contributed by atoms with Crippen LogP contribution in [0.5, 0.6) is 17.2 Å². The molecule has 1 N–H and O–H groups in total. The van der Waals surface area contributed by atoms with Gasteiger partial charge in [0, 0.05) is 5.56 Å². The van der Waals surface area contributed by atoms with Gasteiger partial charge in [-0.05, 0) is 18.1 Å². The Labute approximate surface area is 135 Å². The van der Waals surface area contributed by atoms with E-state index in [-0.39, 0.29) is 6.42 Å². The van der Waals surface area contributed by atoms with Crippen LogP contribution >= 0.6 is 11.6 Å². The molecule has 0 radical (unpaired) electrons. The fourth-order valence-electron chi connectivity index (χ4n) is 2.24. The Morgan fingerprint density at radius 2 is 1.77 bits per heavy atom. The molecule has 6 heteroatoms. The normalized spacial score (nSPS) is 11.2. The van der Waals surface area contributed by atoms with Crippen LogP contribution in [0.3, 0.4) is 0 Å². The number of halogens is 1. The lowest BCUT2D eigenvalue weighted by atomic mass is 9.98. The Hall–Kier alpha value is -1.88. The molecule has 0 bridgehead atoms. The molecule has 0 aliphatic heterocycles. The van der Waals surface area contributed by atoms with E-state index in [1.807, 2.05) is 6.92 Å². The molecule has 122 valence electrons. The summed E-state index contributed by atoms with van der Waals surface area (Å²) in [7, 11) is 4.52. The molecular weight excluding hydrogens is 308 g/mol. The minimum Gasteiger partial charge on any atom is -0.492 e. The van der Waals surface area contributed by atoms with Crippen LogP contribution in [0.15, 0.2) is 12.1 Å². The predicted octanol–water partition coefficient (Wildman–Crippen LogP) is 4.02. The van der Waals surface area contributed by atoms with Crippen LogP contribution in [0, 0.1) is 0 Å². The van der Waals surface area contributed by atoms with Crippen molar-refractivity contribution in [1.82, 2.24) is 0 Å². The molecule has 1 aromatic rings. The Morgan fingerprint density at radius 1 is 1.18 bits per heavy atom. The number of methoxy groups -OCH3 is 3. The van der Waals surface area contributed by atoms with Crippen molar-refractivity contribution in [1.29, 1.82) is 0 Å². The molecule has 0 unspecified atom stereocenters. The number of carboxylic acid groups (broad SMARTS) is 1. The first-order chi connectivity index (χ1) is 10.5. The van der Waals surface area contributed by atoms with Crippen LogP contribution in [0.4, 0.5) is 0 Å². The highest BCUT2D eigenvalue weighted by Gasteiger charge is 2.21. The molecule has 0 fully saturated rings. The van der Waals surface area contributed by atoms with Gasteiger partial charge in [-0.2, -0.15) is 0 Å². The summed E-state index contributed by atoms with van der Waals surface area (Å²) in [5.41, 5.74) is 1.57. The number of ether oxygens (including phenoxy) is 3. The number of aliphatic carboxylic acids is 1. The zero-order valence-electron chi connectivity index (χ0n) is 13.2. The van der Waals surface area contributed by atoms with Gasteiger partial charge in [-0.25, -0.2) is 0 Å². The van der Waals surface area contributed by atoms with Crippen molar-refractivity contribution in [2.75, 3.05) is 21.3 Å². The number of carbonyl (C=O) groups is 1. The number of rotatable bonds is 8. The number of hydrogen-bond acceptors (Lipinski definition) is 4. The third-order valence-electron chi connectivity index (χ3n) is 3.15. The topological polar surface area (TPSA) is 65.0 Å². The van der Waals surface area contributed by atoms with E-state index in [1.54, 1.807) is 12.1 Å². The van der Waals surface area contributed by atoms with Gasteiger partial charge in [0.15, 0.2) is 11.5 Å². The standard InChI is InChI=1S/C16H21ClO5/c1-5-6-10(7-8-13(18)19)11-9-12(17)15(21-3)16(22-4)14(11)20-2/h7,9H,5-6,8H2,1-4H3,(H,18,19)/b10-7+. The highest BCUT2D eigenvalue weighted by Crippen LogP contribution is 2.47. The third-order valence-corrected chi connectivity index (χ3v) is 3.43. The van der Waals surface area contributed by atoms with Gasteiger partial charge in [0.2, 0.25) is 5.75 Å². The van der Waals surface area contributed by atoms with E-state index in [2.05, 4.69) is 0 Å². The van der Waals surface area contributed by atoms with Gasteiger partial charge >= 0.3 is 5.97 Å². The average Bonchev–Trinajstić information content (AvgIpc) is 2.49. The summed E-state index contributed by atoms with van der Waals surface area (Å²) in [6, 6.07) is 1.71. The van der Waals surface area contributed by atoms with Gasteiger partial charge in [-0.1, -0.05) is 31.0 Å². The van der Waals surface area contributed by atoms with Gasteiger partial charge in [0.1, 0.15) is 0 Å². The first-order valence-corrected chi connectivity index (χ1v) is 7.27. The molecule has 0 atom stereocenters. The Morgan fingerprint density at radius 3 is 2.23 bits per heavy atom. The molecule has 0 saturated heterocycles. The fourth-order valence-corrected chi connectivity index (χ4v) is 2.51. The Balaban J connectivity index is 3.51. The zero-order chi connectivity index (χ0) is 16.7. The second-order valence-corrected chi connectivity index (χ2v) is 4.99. The van der Waals surface area contributed by atoms with Gasteiger partial charge in [0.05, 0.1) is 32.8 Å². The maximum absolute atomic E-state index is 10.8. The lowest BCUT2D eigenvalue weighted by Gasteiger charge is -2.18. The van der Waals surface area contributed by atoms with Crippen molar-refractivity contribution in [2.45, 2.75) is 26.2 Å². The fraction of sp³-hybridized carbons (Fsp3) is 0.438. The van der Waals surface area contributed by atoms with Crippen LogP contribution in [-0.4, -0.2) is 32.4 Å². The van der Waals surface area contributed by atoms with Gasteiger partial charge in [-0.15, -0.1) is 0 Å². The summed E-state index contributed by atoms with van der Waals surface area (Å²) in [5, 5.41) is 9.28. The minimum atomic E-state index is -0.890. The maximum atomic E-state index is 10.8. The first kappa shape index (κ1) is 18.2. The number of carboxylic acids is 1. The molecule has 1 aromatic carbocycles. The van der Waals surface area contributed by atoms with Crippen LogP contribution in [0.1, 0.15) is 31.7 Å². The van der Waals surface area contributed by atoms with E-state index in [0.717, 1.165) is 12.0 Å². The van der Waals surface area contributed by atoms with E-state index in [4.69, 9.17) is 30.9 Å². The monoisotopic (exact) mass is 328 g/mol. The molecule has 0 heterocycles. The largest absolute Gasteiger partial charge is 0.492 e. The lowest BCUT2D eigenvalue weighted by Crippen LogP contribution is -2.00. The molecule has 0 spiro atoms. The van der Waals surface area contributed by atoms with Crippen LogP contribution in [0.25, 0.3) is 5.57 Å². The van der Waals surface area contributed by atoms with Crippen molar-refractivity contribution in [3.05, 3.63) is 22.7 Å². The summed E-state index contributed by atoms with van der Waals surface area (Å²) < 4.78 is 16.1. The van der Waals surface area contributed by atoms with Gasteiger partial charge in [0.25, 0.3) is 0 Å². The van der Waals surface area contributed by atoms with Crippen LogP contribution in [-0.2, 0) is 4.79 Å². The Bertz CT molecular complexity index is 566. The van der Waals surface area contributed by atoms with Crippen molar-refractivity contribution in [3.8, 4) is 17.2 Å². The average molecular weight is 329 g/mol. The molecular formula is C16H21ClO5. The van der Waals surface area contributed by atoms with Crippen molar-refractivity contribution >= 4 is 23.1 Å². The van der Waals surface area contributed by atoms with Crippen molar-refractivity contribution in [3.63, 3.8) is 0 Å². The number of allylic oxidation sites excluding steroid dienone is 1. The first-order valence-electron chi connectivity index (χ1n) is 6.89. The summed E-state index contributed by atoms with van der Waals surface area (Å²) in [6.07, 6.45) is 3.17. The predicted molar refractivity (Wildman–Crippen MR) is 86.2 cm³/mol. The van der Waals surface area contributed by atoms with E-state index in [0.29, 0.717) is 34.3 Å². The highest BCUT2D eigenvalue weighted by atomic mass is 35.5. The smallest absolute Gasteiger partial charge is 0.307 e. The molecule has 1 rings (SSSR count). The lowest BCUT2D eigenvalue weighted by molar-refractivity contribution is -0.135. The second kappa shape index (κ2) is 8.54. The van der Waals surface area contributed by atoms with E-state index >= 15 is 0 Å². The number of hydrogen-bond donors (Lipinski definition) is 1. The molecule has 0 aliphatic rings. The molecule has 0 saturated carbocycles. The van der Waals surface area contributed by atoms with Crippen molar-refractivity contribution < 1.29 is 24.1 Å². The van der Waals surface area contributed by atoms with E-state index in [9.17, 15) is 4.79 Å². The van der Waals surface area contributed by atoms with E-state index in [1.165, 1.54) is 21.3 Å². The molecule has 5 nitrogen and oxygen atoms in total. The Kier molecular flexibility index (Phi) is 7.05. The maximum Gasteiger partial charge on any atom is 0.307 e. The summed E-state index contributed by atoms with van der Waals surface area (Å²) in [5.74, 6) is 0.372. The second-order valence-electron chi connectivity index (χ2n) is 4.58. The SMILES string of the molecule is CCC/C(=C\CC(=O)O)c1cc(Cl)c(OC)c(OC)c1OC. The van der Waals surface area contributed by atoms with Gasteiger partial charge < -0.3 is 19.3 Å². The quantitative estimate of drug-likeness (QED) is 0.780. The zero-order valence-corrected chi connectivity index (χ0v) is 14.0. The van der Waals surface area contributed by atoms with Gasteiger partial charge in [-0.3, -0.25) is 4.79 Å². The summed E-state index contributed by atoms with van der Waals surface area (Å²) >= 11 is 6.25. The number of benzene rings is 1. The molecule has 0 aliphatic carbocycles. The summed E-state index contributed by atoms with van der Waals surface area (Å²) in [6.45, 7) is 2.02. The minimum absolute atomic E-state index is 0.0650. The molecule has 22 heavy (non-hydrogen) atoms. The van der Waals surface area contributed by atoms with Crippen LogP contribution < -0.4 is 14.2 Å². The molecule has 0 amide bonds. The van der Waals surface area contributed by atoms with E-state index < -0.39 is 5.97 Å². The van der Waals surface area contributed by atoms with Crippen LogP contribution in [0.2, 0.25) is 5.02 Å². The van der Waals surface area contributed by atoms with Crippen molar-refractivity contribution in [2.24, 2.45) is 0 Å². The highest BCUT2D eigenvalue weighted by molar-refractivity contribution is 6.32. The third kappa shape index (κ3) is 4.07. The molecule has 0 aromatic heterocycles. The summed E-state index contributed by atoms with van der Waals surface area (Å²) in [4.78, 5) is 10.8.